The Kier molecular flexibility index (Phi) is 5.41. The molecule has 0 saturated carbocycles. The second kappa shape index (κ2) is 8.44. The van der Waals surface area contributed by atoms with Crippen LogP contribution < -0.4 is 18.7 Å². The molecule has 0 atom stereocenters. The maximum Gasteiger partial charge on any atom is 0.434 e. The van der Waals surface area contributed by atoms with Gasteiger partial charge in [0, 0.05) is 23.4 Å². The van der Waals surface area contributed by atoms with Gasteiger partial charge >= 0.3 is 6.09 Å². The van der Waals surface area contributed by atoms with E-state index in [1.807, 2.05) is 0 Å². The fourth-order valence-corrected chi connectivity index (χ4v) is 5.64. The summed E-state index contributed by atoms with van der Waals surface area (Å²) < 4.78 is 39.3. The van der Waals surface area contributed by atoms with Crippen LogP contribution in [0.15, 0.2) is 89.8 Å². The number of para-hydroxylation sites is 1. The second-order valence-corrected chi connectivity index (χ2v) is 9.58. The number of hydrogen-bond acceptors (Lipinski definition) is 6. The Morgan fingerprint density at radius 1 is 0.857 bits per heavy atom. The summed E-state index contributed by atoms with van der Waals surface area (Å²) in [5, 5.41) is 0.857. The zero-order valence-corrected chi connectivity index (χ0v) is 19.7. The van der Waals surface area contributed by atoms with Gasteiger partial charge in [-0.25, -0.2) is 13.2 Å². The molecule has 0 fully saturated rings. The molecule has 2 amide bonds. The summed E-state index contributed by atoms with van der Waals surface area (Å²) in [7, 11) is -1.36. The highest BCUT2D eigenvalue weighted by molar-refractivity contribution is 7.93. The van der Waals surface area contributed by atoms with Crippen molar-refractivity contribution in [3.63, 3.8) is 0 Å². The first-order valence-electron chi connectivity index (χ1n) is 10.6. The molecule has 9 heteroatoms. The third-order valence-corrected chi connectivity index (χ3v) is 7.57. The lowest BCUT2D eigenvalue weighted by atomic mass is 10.1. The van der Waals surface area contributed by atoms with Crippen molar-refractivity contribution in [3.05, 3.63) is 90.5 Å². The standard InChI is InChI=1S/C26H20N2O6S/c1-27-22-15-16-23(20-9-6-10-21(24(20)22)25(27)29)35(31,32)28(17-11-13-18(33-2)14-12-17)26(30)34-19-7-4-3-5-8-19/h3-16H,1-2H3. The SMILES string of the molecule is COc1ccc(N(C(=O)Oc2ccccc2)S(=O)(=O)c2ccc3c4c(cccc24)C(=O)N3C)cc1. The van der Waals surface area contributed by atoms with Crippen LogP contribution in [-0.4, -0.2) is 34.6 Å². The van der Waals surface area contributed by atoms with E-state index in [2.05, 4.69) is 0 Å². The van der Waals surface area contributed by atoms with Crippen molar-refractivity contribution in [2.75, 3.05) is 23.4 Å². The van der Waals surface area contributed by atoms with Gasteiger partial charge in [0.05, 0.1) is 23.4 Å². The van der Waals surface area contributed by atoms with Crippen LogP contribution in [0.4, 0.5) is 16.2 Å². The molecule has 0 N–H and O–H groups in total. The lowest BCUT2D eigenvalue weighted by molar-refractivity contribution is 0.0999. The van der Waals surface area contributed by atoms with Crippen LogP contribution in [0.25, 0.3) is 10.8 Å². The van der Waals surface area contributed by atoms with Gasteiger partial charge < -0.3 is 14.4 Å². The van der Waals surface area contributed by atoms with Crippen molar-refractivity contribution in [2.24, 2.45) is 0 Å². The van der Waals surface area contributed by atoms with Gasteiger partial charge in [-0.15, -0.1) is 0 Å². The molecule has 1 aliphatic rings. The predicted octanol–water partition coefficient (Wildman–Crippen LogP) is 4.83. The molecule has 0 bridgehead atoms. The van der Waals surface area contributed by atoms with Gasteiger partial charge in [0.1, 0.15) is 11.5 Å². The summed E-state index contributed by atoms with van der Waals surface area (Å²) in [5.41, 5.74) is 1.07. The number of nitrogens with zero attached hydrogens (tertiary/aromatic N) is 2. The number of carbonyl (C=O) groups excluding carboxylic acids is 2. The van der Waals surface area contributed by atoms with Crippen LogP contribution in [0.3, 0.4) is 0 Å². The van der Waals surface area contributed by atoms with Crippen molar-refractivity contribution in [2.45, 2.75) is 4.90 Å². The number of sulfonamides is 1. The molecule has 1 heterocycles. The number of hydrogen-bond donors (Lipinski definition) is 0. The molecule has 8 nitrogen and oxygen atoms in total. The molecule has 0 spiro atoms. The number of carbonyl (C=O) groups is 2. The molecule has 35 heavy (non-hydrogen) atoms. The third kappa shape index (κ3) is 3.66. The molecule has 0 aromatic heterocycles. The highest BCUT2D eigenvalue weighted by Crippen LogP contribution is 2.40. The van der Waals surface area contributed by atoms with E-state index in [-0.39, 0.29) is 22.2 Å². The summed E-state index contributed by atoms with van der Waals surface area (Å²) in [4.78, 5) is 27.3. The minimum absolute atomic E-state index is 0.0724. The first-order chi connectivity index (χ1) is 16.8. The molecule has 0 saturated heterocycles. The van der Waals surface area contributed by atoms with Crippen LogP contribution in [0, 0.1) is 0 Å². The number of rotatable bonds is 5. The van der Waals surface area contributed by atoms with Crippen LogP contribution in [0.1, 0.15) is 10.4 Å². The predicted molar refractivity (Wildman–Crippen MR) is 132 cm³/mol. The second-order valence-electron chi connectivity index (χ2n) is 7.82. The van der Waals surface area contributed by atoms with E-state index in [4.69, 9.17) is 9.47 Å². The fourth-order valence-electron chi connectivity index (χ4n) is 4.12. The first kappa shape index (κ1) is 22.4. The van der Waals surface area contributed by atoms with Gasteiger partial charge in [-0.3, -0.25) is 4.79 Å². The van der Waals surface area contributed by atoms with Gasteiger partial charge in [-0.2, -0.15) is 4.31 Å². The molecule has 0 unspecified atom stereocenters. The largest absolute Gasteiger partial charge is 0.497 e. The zero-order chi connectivity index (χ0) is 24.7. The minimum Gasteiger partial charge on any atom is -0.497 e. The Labute approximate surface area is 202 Å². The summed E-state index contributed by atoms with van der Waals surface area (Å²) >= 11 is 0. The van der Waals surface area contributed by atoms with Crippen molar-refractivity contribution >= 4 is 44.2 Å². The Morgan fingerprint density at radius 2 is 1.57 bits per heavy atom. The molecular formula is C26H20N2O6S. The number of anilines is 2. The van der Waals surface area contributed by atoms with Gasteiger partial charge in [-0.1, -0.05) is 30.3 Å². The number of benzene rings is 4. The summed E-state index contributed by atoms with van der Waals surface area (Å²) in [6, 6.07) is 22.1. The van der Waals surface area contributed by atoms with Crippen LogP contribution >= 0.6 is 0 Å². The van der Waals surface area contributed by atoms with Crippen LogP contribution in [-0.2, 0) is 10.0 Å². The third-order valence-electron chi connectivity index (χ3n) is 5.81. The van der Waals surface area contributed by atoms with E-state index in [9.17, 15) is 18.0 Å². The van der Waals surface area contributed by atoms with Gasteiger partial charge in [0.25, 0.3) is 15.9 Å². The molecule has 5 rings (SSSR count). The van der Waals surface area contributed by atoms with Crippen LogP contribution in [0.5, 0.6) is 11.5 Å². The highest BCUT2D eigenvalue weighted by Gasteiger charge is 2.36. The Hall–Kier alpha value is -4.37. The Morgan fingerprint density at radius 3 is 2.26 bits per heavy atom. The van der Waals surface area contributed by atoms with Crippen LogP contribution in [0.2, 0.25) is 0 Å². The van der Waals surface area contributed by atoms with Crippen molar-refractivity contribution < 1.29 is 27.5 Å². The summed E-state index contributed by atoms with van der Waals surface area (Å²) in [5.74, 6) is 0.462. The van der Waals surface area contributed by atoms with Gasteiger partial charge in [0.2, 0.25) is 0 Å². The van der Waals surface area contributed by atoms with Gasteiger partial charge in [0.15, 0.2) is 0 Å². The number of methoxy groups -OCH3 is 1. The maximum atomic E-state index is 14.0. The van der Waals surface area contributed by atoms with E-state index >= 15 is 0 Å². The van der Waals surface area contributed by atoms with E-state index in [1.54, 1.807) is 73.8 Å². The van der Waals surface area contributed by atoms with E-state index in [1.165, 1.54) is 30.2 Å². The summed E-state index contributed by atoms with van der Waals surface area (Å²) in [6.07, 6.45) is -1.10. The summed E-state index contributed by atoms with van der Waals surface area (Å²) in [6.45, 7) is 0. The van der Waals surface area contributed by atoms with E-state index in [0.29, 0.717) is 32.1 Å². The molecule has 0 radical (unpaired) electrons. The van der Waals surface area contributed by atoms with Crippen molar-refractivity contribution in [3.8, 4) is 11.5 Å². The number of ether oxygens (including phenoxy) is 2. The minimum atomic E-state index is -4.47. The monoisotopic (exact) mass is 488 g/mol. The molecule has 1 aliphatic heterocycles. The molecule has 4 aromatic carbocycles. The Balaban J connectivity index is 1.68. The lowest BCUT2D eigenvalue weighted by Crippen LogP contribution is -2.39. The molecule has 0 aliphatic carbocycles. The quantitative estimate of drug-likeness (QED) is 0.399. The van der Waals surface area contributed by atoms with Crippen molar-refractivity contribution in [1.82, 2.24) is 0 Å². The average molecular weight is 489 g/mol. The maximum absolute atomic E-state index is 14.0. The van der Waals surface area contributed by atoms with E-state index in [0.717, 1.165) is 0 Å². The van der Waals surface area contributed by atoms with E-state index < -0.39 is 16.1 Å². The van der Waals surface area contributed by atoms with Gasteiger partial charge in [-0.05, 0) is 54.6 Å². The lowest BCUT2D eigenvalue weighted by Gasteiger charge is -2.23. The normalized spacial score (nSPS) is 12.6. The molecule has 176 valence electrons. The zero-order valence-electron chi connectivity index (χ0n) is 18.8. The number of amides is 2. The first-order valence-corrected chi connectivity index (χ1v) is 12.1. The fraction of sp³-hybridized carbons (Fsp3) is 0.0769. The van der Waals surface area contributed by atoms with Crippen molar-refractivity contribution in [1.29, 1.82) is 0 Å². The Bertz CT molecular complexity index is 1570. The molecule has 4 aromatic rings. The smallest absolute Gasteiger partial charge is 0.434 e. The average Bonchev–Trinajstić information content (AvgIpc) is 3.11. The molecular weight excluding hydrogens is 468 g/mol. The topological polar surface area (TPSA) is 93.2 Å². The highest BCUT2D eigenvalue weighted by atomic mass is 32.2.